The van der Waals surface area contributed by atoms with Crippen LogP contribution in [-0.4, -0.2) is 45.1 Å². The van der Waals surface area contributed by atoms with Gasteiger partial charge in [0.2, 0.25) is 22.7 Å². The predicted molar refractivity (Wildman–Crippen MR) is 110 cm³/mol. The highest BCUT2D eigenvalue weighted by molar-refractivity contribution is 7.89. The molecule has 9 heteroatoms. The Morgan fingerprint density at radius 2 is 1.93 bits per heavy atom. The van der Waals surface area contributed by atoms with Gasteiger partial charge in [-0.25, -0.2) is 8.42 Å². The third-order valence-electron chi connectivity index (χ3n) is 5.17. The summed E-state index contributed by atoms with van der Waals surface area (Å²) in [6.45, 7) is 3.08. The molecule has 2 aromatic rings. The summed E-state index contributed by atoms with van der Waals surface area (Å²) in [5.74, 6) is 1.20. The molecule has 8 nitrogen and oxygen atoms in total. The molecule has 0 unspecified atom stereocenters. The Morgan fingerprint density at radius 3 is 2.70 bits per heavy atom. The van der Waals surface area contributed by atoms with Gasteiger partial charge in [0.25, 0.3) is 0 Å². The fourth-order valence-corrected chi connectivity index (χ4v) is 5.14. The molecule has 30 heavy (non-hydrogen) atoms. The van der Waals surface area contributed by atoms with E-state index in [0.29, 0.717) is 48.9 Å². The van der Waals surface area contributed by atoms with Crippen LogP contribution in [0.4, 0.5) is 5.69 Å². The van der Waals surface area contributed by atoms with Crippen molar-refractivity contribution in [1.82, 2.24) is 4.31 Å². The van der Waals surface area contributed by atoms with Crippen LogP contribution in [-0.2, 0) is 14.8 Å². The molecule has 0 aromatic heterocycles. The van der Waals surface area contributed by atoms with Crippen LogP contribution in [0, 0.1) is 5.92 Å². The average Bonchev–Trinajstić information content (AvgIpc) is 3.22. The lowest BCUT2D eigenvalue weighted by Crippen LogP contribution is -2.43. The highest BCUT2D eigenvalue weighted by atomic mass is 32.2. The Balaban J connectivity index is 1.43. The zero-order valence-corrected chi connectivity index (χ0v) is 17.5. The van der Waals surface area contributed by atoms with Crippen LogP contribution in [0.3, 0.4) is 0 Å². The summed E-state index contributed by atoms with van der Waals surface area (Å²) >= 11 is 0. The van der Waals surface area contributed by atoms with E-state index < -0.39 is 15.9 Å². The number of anilines is 1. The lowest BCUT2D eigenvalue weighted by molar-refractivity contribution is -0.120. The SMILES string of the molecule is CCOc1ccc(S(=O)(=O)N2CCC[C@@H](C(=O)Nc3ccc4c(c3)OCO4)C2)cc1. The van der Waals surface area contributed by atoms with Crippen molar-refractivity contribution in [3.8, 4) is 17.2 Å². The molecule has 0 spiro atoms. The maximum absolute atomic E-state index is 13.0. The van der Waals surface area contributed by atoms with Crippen molar-refractivity contribution in [2.45, 2.75) is 24.7 Å². The van der Waals surface area contributed by atoms with E-state index in [4.69, 9.17) is 14.2 Å². The van der Waals surface area contributed by atoms with E-state index in [9.17, 15) is 13.2 Å². The number of piperidine rings is 1. The molecule has 1 fully saturated rings. The first-order chi connectivity index (χ1) is 14.5. The molecule has 2 heterocycles. The van der Waals surface area contributed by atoms with Crippen LogP contribution in [0.2, 0.25) is 0 Å². The number of carbonyl (C=O) groups excluding carboxylic acids is 1. The van der Waals surface area contributed by atoms with Crippen LogP contribution in [0.5, 0.6) is 17.2 Å². The van der Waals surface area contributed by atoms with Crippen molar-refractivity contribution in [3.63, 3.8) is 0 Å². The number of nitrogens with one attached hydrogen (secondary N) is 1. The van der Waals surface area contributed by atoms with Gasteiger partial charge in [-0.3, -0.25) is 4.79 Å². The standard InChI is InChI=1S/C21H24N2O6S/c1-2-27-17-6-8-18(9-7-17)30(25,26)23-11-3-4-15(13-23)21(24)22-16-5-10-19-20(12-16)29-14-28-19/h5-10,12,15H,2-4,11,13-14H2,1H3,(H,22,24)/t15-/m1/s1. The van der Waals surface area contributed by atoms with Crippen LogP contribution in [0.25, 0.3) is 0 Å². The number of carbonyl (C=O) groups is 1. The van der Waals surface area contributed by atoms with Gasteiger partial charge in [0.05, 0.1) is 17.4 Å². The van der Waals surface area contributed by atoms with Crippen molar-refractivity contribution in [2.75, 3.05) is 31.8 Å². The van der Waals surface area contributed by atoms with E-state index >= 15 is 0 Å². The zero-order valence-electron chi connectivity index (χ0n) is 16.7. The average molecular weight is 432 g/mol. The van der Waals surface area contributed by atoms with Gasteiger partial charge >= 0.3 is 0 Å². The fraction of sp³-hybridized carbons (Fsp3) is 0.381. The summed E-state index contributed by atoms with van der Waals surface area (Å²) in [7, 11) is -3.68. The van der Waals surface area contributed by atoms with Crippen molar-refractivity contribution >= 4 is 21.6 Å². The van der Waals surface area contributed by atoms with Crippen molar-refractivity contribution in [2.24, 2.45) is 5.92 Å². The fourth-order valence-electron chi connectivity index (χ4n) is 3.62. The van der Waals surface area contributed by atoms with Gasteiger partial charge in [-0.05, 0) is 56.2 Å². The molecule has 1 atom stereocenters. The summed E-state index contributed by atoms with van der Waals surface area (Å²) < 4.78 is 43.4. The number of hydrogen-bond acceptors (Lipinski definition) is 6. The molecule has 2 aliphatic heterocycles. The van der Waals surface area contributed by atoms with E-state index in [1.807, 2.05) is 6.92 Å². The second-order valence-electron chi connectivity index (χ2n) is 7.16. The summed E-state index contributed by atoms with van der Waals surface area (Å²) in [4.78, 5) is 13.0. The molecule has 2 aromatic carbocycles. The van der Waals surface area contributed by atoms with Gasteiger partial charge in [0.1, 0.15) is 5.75 Å². The maximum atomic E-state index is 13.0. The second kappa shape index (κ2) is 8.53. The highest BCUT2D eigenvalue weighted by Gasteiger charge is 2.33. The van der Waals surface area contributed by atoms with Crippen molar-refractivity contribution in [3.05, 3.63) is 42.5 Å². The molecule has 4 rings (SSSR count). The number of benzene rings is 2. The van der Waals surface area contributed by atoms with Crippen molar-refractivity contribution < 1.29 is 27.4 Å². The lowest BCUT2D eigenvalue weighted by atomic mass is 9.98. The first-order valence-corrected chi connectivity index (χ1v) is 11.3. The molecule has 0 saturated carbocycles. The summed E-state index contributed by atoms with van der Waals surface area (Å²) in [5, 5.41) is 2.86. The van der Waals surface area contributed by atoms with E-state index in [0.717, 1.165) is 0 Å². The van der Waals surface area contributed by atoms with Gasteiger partial charge in [0, 0.05) is 24.8 Å². The number of sulfonamides is 1. The zero-order chi connectivity index (χ0) is 21.1. The molecule has 2 aliphatic rings. The Labute approximate surface area is 175 Å². The number of fused-ring (bicyclic) bond motifs is 1. The molecule has 0 aliphatic carbocycles. The van der Waals surface area contributed by atoms with Gasteiger partial charge in [-0.2, -0.15) is 4.31 Å². The van der Waals surface area contributed by atoms with Gasteiger partial charge < -0.3 is 19.5 Å². The van der Waals surface area contributed by atoms with Gasteiger partial charge in [-0.1, -0.05) is 0 Å². The first kappa shape index (κ1) is 20.5. The highest BCUT2D eigenvalue weighted by Crippen LogP contribution is 2.34. The minimum atomic E-state index is -3.68. The molecular weight excluding hydrogens is 408 g/mol. The minimum Gasteiger partial charge on any atom is -0.494 e. The smallest absolute Gasteiger partial charge is 0.243 e. The Kier molecular flexibility index (Phi) is 5.83. The molecule has 1 N–H and O–H groups in total. The molecule has 1 amide bonds. The van der Waals surface area contributed by atoms with Crippen LogP contribution in [0.15, 0.2) is 47.4 Å². The van der Waals surface area contributed by atoms with Gasteiger partial charge in [-0.15, -0.1) is 0 Å². The number of nitrogens with zero attached hydrogens (tertiary/aromatic N) is 1. The summed E-state index contributed by atoms with van der Waals surface area (Å²) in [5.41, 5.74) is 0.593. The summed E-state index contributed by atoms with van der Waals surface area (Å²) in [6.07, 6.45) is 1.25. The molecular formula is C21H24N2O6S. The monoisotopic (exact) mass is 432 g/mol. The third kappa shape index (κ3) is 4.22. The molecule has 0 bridgehead atoms. The summed E-state index contributed by atoms with van der Waals surface area (Å²) in [6, 6.07) is 11.5. The second-order valence-corrected chi connectivity index (χ2v) is 9.10. The Hall–Kier alpha value is -2.78. The largest absolute Gasteiger partial charge is 0.494 e. The quantitative estimate of drug-likeness (QED) is 0.754. The minimum absolute atomic E-state index is 0.145. The number of hydrogen-bond donors (Lipinski definition) is 1. The van der Waals surface area contributed by atoms with Crippen molar-refractivity contribution in [1.29, 1.82) is 0 Å². The number of ether oxygens (including phenoxy) is 3. The lowest BCUT2D eigenvalue weighted by Gasteiger charge is -2.31. The Morgan fingerprint density at radius 1 is 1.17 bits per heavy atom. The molecule has 1 saturated heterocycles. The predicted octanol–water partition coefficient (Wildman–Crippen LogP) is 2.85. The van der Waals surface area contributed by atoms with Crippen LogP contribution in [0.1, 0.15) is 19.8 Å². The third-order valence-corrected chi connectivity index (χ3v) is 7.05. The topological polar surface area (TPSA) is 94.2 Å². The van der Waals surface area contributed by atoms with E-state index in [2.05, 4.69) is 5.32 Å². The van der Waals surface area contributed by atoms with Crippen LogP contribution >= 0.6 is 0 Å². The number of rotatable bonds is 6. The number of amides is 1. The normalized spacial score (nSPS) is 18.8. The Bertz CT molecular complexity index is 1020. The van der Waals surface area contributed by atoms with E-state index in [1.54, 1.807) is 30.3 Å². The van der Waals surface area contributed by atoms with E-state index in [-0.39, 0.29) is 24.1 Å². The molecule has 160 valence electrons. The van der Waals surface area contributed by atoms with Crippen LogP contribution < -0.4 is 19.5 Å². The first-order valence-electron chi connectivity index (χ1n) is 9.91. The van der Waals surface area contributed by atoms with E-state index in [1.165, 1.54) is 16.4 Å². The van der Waals surface area contributed by atoms with Gasteiger partial charge in [0.15, 0.2) is 11.5 Å². The maximum Gasteiger partial charge on any atom is 0.243 e. The molecule has 0 radical (unpaired) electrons.